The highest BCUT2D eigenvalue weighted by atomic mass is 79.9. The predicted octanol–water partition coefficient (Wildman–Crippen LogP) is 1.27. The zero-order valence-corrected chi connectivity index (χ0v) is 12.5. The molecule has 0 saturated heterocycles. The fraction of sp³-hybridized carbons (Fsp3) is 0.333. The molecular formula is C12H11BrO7. The molecule has 1 aromatic carbocycles. The summed E-state index contributed by atoms with van der Waals surface area (Å²) in [5.74, 6) is -3.83. The topological polar surface area (TPSA) is 80.3 Å². The van der Waals surface area contributed by atoms with Crippen LogP contribution in [0.15, 0.2) is 16.6 Å². The molecule has 108 valence electrons. The van der Waals surface area contributed by atoms with Gasteiger partial charge in [0.15, 0.2) is 11.5 Å². The lowest BCUT2D eigenvalue weighted by atomic mass is 10.3. The molecule has 1 aromatic rings. The van der Waals surface area contributed by atoms with Crippen LogP contribution in [-0.2, 0) is 19.1 Å². The highest BCUT2D eigenvalue weighted by Gasteiger charge is 2.60. The Morgan fingerprint density at radius 2 is 1.60 bits per heavy atom. The fourth-order valence-electron chi connectivity index (χ4n) is 1.70. The third-order valence-electron chi connectivity index (χ3n) is 2.65. The third kappa shape index (κ3) is 1.96. The number of hydrogen-bond acceptors (Lipinski definition) is 7. The second-order valence-electron chi connectivity index (χ2n) is 3.71. The van der Waals surface area contributed by atoms with Crippen molar-refractivity contribution in [3.8, 4) is 17.2 Å². The first kappa shape index (κ1) is 14.4. The monoisotopic (exact) mass is 346 g/mol. The van der Waals surface area contributed by atoms with E-state index in [1.165, 1.54) is 7.11 Å². The molecule has 0 atom stereocenters. The number of benzene rings is 1. The maximum Gasteiger partial charge on any atom is 0.453 e. The third-order valence-corrected chi connectivity index (χ3v) is 3.27. The van der Waals surface area contributed by atoms with Crippen molar-refractivity contribution in [1.82, 2.24) is 0 Å². The zero-order valence-electron chi connectivity index (χ0n) is 10.9. The minimum atomic E-state index is -2.33. The Morgan fingerprint density at radius 3 is 2.10 bits per heavy atom. The van der Waals surface area contributed by atoms with Gasteiger partial charge < -0.3 is 23.7 Å². The average Bonchev–Trinajstić information content (AvgIpc) is 2.88. The van der Waals surface area contributed by atoms with Gasteiger partial charge in [-0.1, -0.05) is 0 Å². The van der Waals surface area contributed by atoms with Crippen LogP contribution in [0.2, 0.25) is 0 Å². The Kier molecular flexibility index (Phi) is 3.76. The maximum atomic E-state index is 11.9. The van der Waals surface area contributed by atoms with Crippen LogP contribution < -0.4 is 14.2 Å². The molecule has 0 radical (unpaired) electrons. The molecule has 7 nitrogen and oxygen atoms in total. The van der Waals surface area contributed by atoms with Crippen molar-refractivity contribution in [2.24, 2.45) is 0 Å². The standard InChI is InChI=1S/C12H11BrO7/c1-16-7-5-4-6(13)8-9(7)20-12(19-8,10(14)17-2)11(15)18-3/h4-5H,1-3H3. The number of hydrogen-bond donors (Lipinski definition) is 0. The Hall–Kier alpha value is -1.96. The number of ether oxygens (including phenoxy) is 5. The Bertz CT molecular complexity index is 553. The summed E-state index contributed by atoms with van der Waals surface area (Å²) in [5.41, 5.74) is 0. The summed E-state index contributed by atoms with van der Waals surface area (Å²) in [5, 5.41) is 0. The van der Waals surface area contributed by atoms with E-state index in [1.807, 2.05) is 0 Å². The largest absolute Gasteiger partial charge is 0.493 e. The first-order chi connectivity index (χ1) is 9.50. The SMILES string of the molecule is COC(=O)C1(C(=O)OC)Oc2c(Br)ccc(OC)c2O1. The van der Waals surface area contributed by atoms with E-state index in [-0.39, 0.29) is 11.5 Å². The van der Waals surface area contributed by atoms with Gasteiger partial charge in [-0.25, -0.2) is 9.59 Å². The second kappa shape index (κ2) is 5.20. The van der Waals surface area contributed by atoms with Crippen molar-refractivity contribution in [2.75, 3.05) is 21.3 Å². The summed E-state index contributed by atoms with van der Waals surface area (Å²) in [6.07, 6.45) is 0. The molecule has 0 spiro atoms. The molecule has 0 aliphatic carbocycles. The van der Waals surface area contributed by atoms with Gasteiger partial charge in [0, 0.05) is 0 Å². The molecule has 1 aliphatic rings. The lowest BCUT2D eigenvalue weighted by Gasteiger charge is -2.21. The number of esters is 2. The molecule has 2 rings (SSSR count). The van der Waals surface area contributed by atoms with Gasteiger partial charge in [-0.2, -0.15) is 0 Å². The Labute approximate surface area is 122 Å². The summed E-state index contributed by atoms with van der Waals surface area (Å²) in [4.78, 5) is 23.8. The molecular weight excluding hydrogens is 336 g/mol. The summed E-state index contributed by atoms with van der Waals surface area (Å²) in [6.45, 7) is 0. The highest BCUT2D eigenvalue weighted by Crippen LogP contribution is 2.50. The van der Waals surface area contributed by atoms with Crippen molar-refractivity contribution in [2.45, 2.75) is 5.79 Å². The van der Waals surface area contributed by atoms with Gasteiger partial charge in [-0.05, 0) is 28.1 Å². The van der Waals surface area contributed by atoms with Gasteiger partial charge >= 0.3 is 17.7 Å². The van der Waals surface area contributed by atoms with E-state index in [2.05, 4.69) is 25.4 Å². The Balaban J connectivity index is 2.55. The Morgan fingerprint density at radius 1 is 1.05 bits per heavy atom. The van der Waals surface area contributed by atoms with Crippen molar-refractivity contribution in [3.05, 3.63) is 16.6 Å². The highest BCUT2D eigenvalue weighted by molar-refractivity contribution is 9.10. The van der Waals surface area contributed by atoms with Crippen LogP contribution in [0.25, 0.3) is 0 Å². The molecule has 0 fully saturated rings. The van der Waals surface area contributed by atoms with Gasteiger partial charge in [0.1, 0.15) is 0 Å². The van der Waals surface area contributed by atoms with Gasteiger partial charge in [-0.3, -0.25) is 0 Å². The number of halogens is 1. The lowest BCUT2D eigenvalue weighted by Crippen LogP contribution is -2.55. The van der Waals surface area contributed by atoms with Gasteiger partial charge in [0.2, 0.25) is 5.75 Å². The molecule has 0 bridgehead atoms. The van der Waals surface area contributed by atoms with Crippen LogP contribution >= 0.6 is 15.9 Å². The minimum absolute atomic E-state index is 0.109. The van der Waals surface area contributed by atoms with Crippen molar-refractivity contribution in [1.29, 1.82) is 0 Å². The molecule has 1 aliphatic heterocycles. The van der Waals surface area contributed by atoms with Crippen LogP contribution in [0.3, 0.4) is 0 Å². The van der Waals surface area contributed by atoms with E-state index in [0.717, 1.165) is 14.2 Å². The van der Waals surface area contributed by atoms with Gasteiger partial charge in [-0.15, -0.1) is 0 Å². The number of carbonyl (C=O) groups is 2. The van der Waals surface area contributed by atoms with Crippen LogP contribution in [0.4, 0.5) is 0 Å². The second-order valence-corrected chi connectivity index (χ2v) is 4.57. The molecule has 0 N–H and O–H groups in total. The molecule has 20 heavy (non-hydrogen) atoms. The minimum Gasteiger partial charge on any atom is -0.493 e. The number of fused-ring (bicyclic) bond motifs is 1. The normalized spacial score (nSPS) is 14.6. The van der Waals surface area contributed by atoms with Crippen molar-refractivity contribution >= 4 is 27.9 Å². The number of carbonyl (C=O) groups excluding carboxylic acids is 2. The van der Waals surface area contributed by atoms with E-state index in [1.54, 1.807) is 12.1 Å². The zero-order chi connectivity index (χ0) is 14.9. The van der Waals surface area contributed by atoms with E-state index < -0.39 is 17.7 Å². The molecule has 1 heterocycles. The van der Waals surface area contributed by atoms with Crippen LogP contribution in [-0.4, -0.2) is 39.1 Å². The van der Waals surface area contributed by atoms with Crippen LogP contribution in [0.5, 0.6) is 17.2 Å². The van der Waals surface area contributed by atoms with Gasteiger partial charge in [0.25, 0.3) is 0 Å². The molecule has 0 amide bonds. The molecule has 0 aromatic heterocycles. The van der Waals surface area contributed by atoms with Crippen molar-refractivity contribution in [3.63, 3.8) is 0 Å². The summed E-state index contributed by atoms with van der Waals surface area (Å²) < 4.78 is 25.5. The maximum absolute atomic E-state index is 11.9. The molecule has 0 saturated carbocycles. The summed E-state index contributed by atoms with van der Waals surface area (Å²) in [6, 6.07) is 3.22. The van der Waals surface area contributed by atoms with E-state index in [4.69, 9.17) is 14.2 Å². The van der Waals surface area contributed by atoms with Crippen molar-refractivity contribution < 1.29 is 33.3 Å². The summed E-state index contributed by atoms with van der Waals surface area (Å²) in [7, 11) is 3.63. The lowest BCUT2D eigenvalue weighted by molar-refractivity contribution is -0.199. The van der Waals surface area contributed by atoms with Gasteiger partial charge in [0.05, 0.1) is 25.8 Å². The van der Waals surface area contributed by atoms with E-state index in [9.17, 15) is 9.59 Å². The van der Waals surface area contributed by atoms with E-state index in [0.29, 0.717) is 10.2 Å². The average molecular weight is 347 g/mol. The predicted molar refractivity (Wildman–Crippen MR) is 68.7 cm³/mol. The summed E-state index contributed by atoms with van der Waals surface area (Å²) >= 11 is 3.24. The smallest absolute Gasteiger partial charge is 0.453 e. The fourth-order valence-corrected chi connectivity index (χ4v) is 2.09. The number of rotatable bonds is 3. The van der Waals surface area contributed by atoms with Crippen LogP contribution in [0, 0.1) is 0 Å². The molecule has 0 unspecified atom stereocenters. The first-order valence-electron chi connectivity index (χ1n) is 5.41. The quantitative estimate of drug-likeness (QED) is 0.602. The number of methoxy groups -OCH3 is 3. The first-order valence-corrected chi connectivity index (χ1v) is 6.20. The molecule has 8 heteroatoms. The van der Waals surface area contributed by atoms with Crippen LogP contribution in [0.1, 0.15) is 0 Å². The van der Waals surface area contributed by atoms with E-state index >= 15 is 0 Å².